The third-order valence-electron chi connectivity index (χ3n) is 3.46. The van der Waals surface area contributed by atoms with Crippen LogP contribution in [0.25, 0.3) is 10.9 Å². The van der Waals surface area contributed by atoms with Crippen molar-refractivity contribution in [3.8, 4) is 0 Å². The first-order chi connectivity index (χ1) is 8.66. The van der Waals surface area contributed by atoms with Crippen molar-refractivity contribution in [1.29, 1.82) is 0 Å². The number of H-pyrrole nitrogens is 1. The fourth-order valence-corrected chi connectivity index (χ4v) is 2.36. The van der Waals surface area contributed by atoms with Gasteiger partial charge in [-0.1, -0.05) is 0 Å². The van der Waals surface area contributed by atoms with Crippen molar-refractivity contribution in [2.24, 2.45) is 5.92 Å². The van der Waals surface area contributed by atoms with Gasteiger partial charge in [-0.3, -0.25) is 4.98 Å². The summed E-state index contributed by atoms with van der Waals surface area (Å²) in [5, 5.41) is 20.0. The Morgan fingerprint density at radius 2 is 2.33 bits per heavy atom. The number of nitrogens with one attached hydrogen (secondary N) is 1. The topological polar surface area (TPSA) is 89.5 Å². The second-order valence-electron chi connectivity index (χ2n) is 4.56. The maximum atomic E-state index is 10.7. The van der Waals surface area contributed by atoms with Crippen LogP contribution in [0.4, 0.5) is 4.79 Å². The lowest BCUT2D eigenvalue weighted by Gasteiger charge is -2.39. The maximum absolute atomic E-state index is 10.7. The van der Waals surface area contributed by atoms with Gasteiger partial charge in [-0.25, -0.2) is 4.79 Å². The smallest absolute Gasteiger partial charge is 0.407 e. The molecule has 3 rings (SSSR count). The summed E-state index contributed by atoms with van der Waals surface area (Å²) in [6, 6.07) is 1.85. The predicted molar refractivity (Wildman–Crippen MR) is 64.1 cm³/mol. The van der Waals surface area contributed by atoms with Crippen LogP contribution in [0.1, 0.15) is 11.7 Å². The number of aromatic amines is 1. The van der Waals surface area contributed by atoms with E-state index in [9.17, 15) is 9.90 Å². The summed E-state index contributed by atoms with van der Waals surface area (Å²) in [7, 11) is 0. The van der Waals surface area contributed by atoms with Gasteiger partial charge in [0.15, 0.2) is 0 Å². The number of rotatable bonds is 2. The third-order valence-corrected chi connectivity index (χ3v) is 3.46. The predicted octanol–water partition coefficient (Wildman–Crippen LogP) is 1.21. The Balaban J connectivity index is 1.81. The summed E-state index contributed by atoms with van der Waals surface area (Å²) in [6.07, 6.45) is 3.57. The molecule has 1 unspecified atom stereocenters. The Morgan fingerprint density at radius 3 is 3.06 bits per heavy atom. The fourth-order valence-electron chi connectivity index (χ4n) is 2.36. The maximum Gasteiger partial charge on any atom is 0.407 e. The monoisotopic (exact) mass is 247 g/mol. The summed E-state index contributed by atoms with van der Waals surface area (Å²) in [5.41, 5.74) is 1.68. The molecule has 94 valence electrons. The van der Waals surface area contributed by atoms with Crippen molar-refractivity contribution in [2.45, 2.75) is 6.10 Å². The highest BCUT2D eigenvalue weighted by molar-refractivity contribution is 5.82. The highest BCUT2D eigenvalue weighted by Crippen LogP contribution is 2.33. The molecule has 1 amide bonds. The van der Waals surface area contributed by atoms with Crippen LogP contribution in [-0.2, 0) is 0 Å². The highest BCUT2D eigenvalue weighted by Gasteiger charge is 2.36. The second-order valence-corrected chi connectivity index (χ2v) is 4.56. The van der Waals surface area contributed by atoms with Gasteiger partial charge in [0.05, 0.1) is 17.8 Å². The molecule has 0 radical (unpaired) electrons. The standard InChI is InChI=1S/C12H13N3O3/c16-11(7-5-15(6-7)12(17)18)9-3-14-10-4-13-2-1-8(9)10/h1-4,7,11,14,16H,5-6H2,(H,17,18). The van der Waals surface area contributed by atoms with Crippen LogP contribution >= 0.6 is 0 Å². The Morgan fingerprint density at radius 1 is 1.56 bits per heavy atom. The lowest BCUT2D eigenvalue weighted by molar-refractivity contribution is 0.00349. The number of carboxylic acid groups (broad SMARTS) is 1. The van der Waals surface area contributed by atoms with Crippen molar-refractivity contribution < 1.29 is 15.0 Å². The van der Waals surface area contributed by atoms with E-state index in [1.54, 1.807) is 18.6 Å². The van der Waals surface area contributed by atoms with Gasteiger partial charge in [-0.2, -0.15) is 0 Å². The number of hydrogen-bond donors (Lipinski definition) is 3. The van der Waals surface area contributed by atoms with Gasteiger partial charge in [-0.15, -0.1) is 0 Å². The molecule has 1 aliphatic rings. The SMILES string of the molecule is O=C(O)N1CC(C(O)c2c[nH]c3cnccc23)C1. The Hall–Kier alpha value is -2.08. The first kappa shape index (κ1) is 11.0. The van der Waals surface area contributed by atoms with Gasteiger partial charge >= 0.3 is 6.09 Å². The van der Waals surface area contributed by atoms with E-state index in [0.29, 0.717) is 13.1 Å². The first-order valence-corrected chi connectivity index (χ1v) is 5.73. The van der Waals surface area contributed by atoms with Crippen LogP contribution < -0.4 is 0 Å². The van der Waals surface area contributed by atoms with Gasteiger partial charge in [-0.05, 0) is 6.07 Å². The van der Waals surface area contributed by atoms with Crippen LogP contribution in [0.3, 0.4) is 0 Å². The number of fused-ring (bicyclic) bond motifs is 1. The van der Waals surface area contributed by atoms with Crippen molar-refractivity contribution in [3.63, 3.8) is 0 Å². The molecule has 0 spiro atoms. The number of aromatic nitrogens is 2. The van der Waals surface area contributed by atoms with Gasteiger partial charge in [0.1, 0.15) is 0 Å². The molecule has 3 N–H and O–H groups in total. The molecule has 2 aromatic rings. The molecule has 6 heteroatoms. The van der Waals surface area contributed by atoms with Crippen molar-refractivity contribution in [2.75, 3.05) is 13.1 Å². The fraction of sp³-hybridized carbons (Fsp3) is 0.333. The van der Waals surface area contributed by atoms with Gasteiger partial charge in [0.2, 0.25) is 0 Å². The lowest BCUT2D eigenvalue weighted by atomic mass is 9.89. The van der Waals surface area contributed by atoms with E-state index in [4.69, 9.17) is 5.11 Å². The molecule has 1 atom stereocenters. The second kappa shape index (κ2) is 3.99. The molecule has 6 nitrogen and oxygen atoms in total. The molecule has 0 aliphatic carbocycles. The molecule has 1 saturated heterocycles. The highest BCUT2D eigenvalue weighted by atomic mass is 16.4. The largest absolute Gasteiger partial charge is 0.465 e. The summed E-state index contributed by atoms with van der Waals surface area (Å²) in [5.74, 6) is -0.0340. The quantitative estimate of drug-likeness (QED) is 0.744. The zero-order valence-corrected chi connectivity index (χ0v) is 9.58. The van der Waals surface area contributed by atoms with Gasteiger partial charge in [0.25, 0.3) is 0 Å². The van der Waals surface area contributed by atoms with Gasteiger partial charge in [0, 0.05) is 42.4 Å². The van der Waals surface area contributed by atoms with Crippen LogP contribution in [0.2, 0.25) is 0 Å². The van der Waals surface area contributed by atoms with E-state index in [1.165, 1.54) is 4.90 Å². The van der Waals surface area contributed by atoms with E-state index >= 15 is 0 Å². The number of pyridine rings is 1. The first-order valence-electron chi connectivity index (χ1n) is 5.73. The van der Waals surface area contributed by atoms with Crippen LogP contribution in [0, 0.1) is 5.92 Å². The normalized spacial score (nSPS) is 17.7. The number of hydrogen-bond acceptors (Lipinski definition) is 3. The Bertz CT molecular complexity index is 589. The average molecular weight is 247 g/mol. The molecule has 1 fully saturated rings. The van der Waals surface area contributed by atoms with E-state index in [0.717, 1.165) is 16.5 Å². The lowest BCUT2D eigenvalue weighted by Crippen LogP contribution is -2.51. The molecular formula is C12H13N3O3. The van der Waals surface area contributed by atoms with E-state index in [-0.39, 0.29) is 5.92 Å². The summed E-state index contributed by atoms with van der Waals surface area (Å²) >= 11 is 0. The Labute approximate surface area is 103 Å². The van der Waals surface area contributed by atoms with Crippen LogP contribution in [0.15, 0.2) is 24.7 Å². The molecular weight excluding hydrogens is 234 g/mol. The molecule has 0 bridgehead atoms. The van der Waals surface area contributed by atoms with Crippen molar-refractivity contribution >= 4 is 17.0 Å². The molecule has 0 saturated carbocycles. The summed E-state index contributed by atoms with van der Waals surface area (Å²) in [6.45, 7) is 0.766. The minimum Gasteiger partial charge on any atom is -0.465 e. The zero-order valence-electron chi connectivity index (χ0n) is 9.58. The molecule has 18 heavy (non-hydrogen) atoms. The zero-order chi connectivity index (χ0) is 12.7. The van der Waals surface area contributed by atoms with Crippen molar-refractivity contribution in [1.82, 2.24) is 14.9 Å². The minimum absolute atomic E-state index is 0.0340. The van der Waals surface area contributed by atoms with Crippen LogP contribution in [-0.4, -0.2) is 44.3 Å². The van der Waals surface area contributed by atoms with Gasteiger partial charge < -0.3 is 20.1 Å². The van der Waals surface area contributed by atoms with E-state index in [1.807, 2.05) is 6.07 Å². The van der Waals surface area contributed by atoms with E-state index in [2.05, 4.69) is 9.97 Å². The summed E-state index contributed by atoms with van der Waals surface area (Å²) in [4.78, 5) is 19.0. The minimum atomic E-state index is -0.929. The molecule has 2 aromatic heterocycles. The summed E-state index contributed by atoms with van der Waals surface area (Å²) < 4.78 is 0. The molecule has 3 heterocycles. The molecule has 0 aromatic carbocycles. The number of likely N-dealkylation sites (tertiary alicyclic amines) is 1. The Kier molecular flexibility index (Phi) is 2.45. The average Bonchev–Trinajstić information content (AvgIpc) is 2.69. The number of amides is 1. The number of aliphatic hydroxyl groups excluding tert-OH is 1. The van der Waals surface area contributed by atoms with Crippen molar-refractivity contribution in [3.05, 3.63) is 30.2 Å². The molecule has 1 aliphatic heterocycles. The number of carbonyl (C=O) groups is 1. The van der Waals surface area contributed by atoms with E-state index < -0.39 is 12.2 Å². The van der Waals surface area contributed by atoms with Crippen LogP contribution in [0.5, 0.6) is 0 Å². The number of nitrogens with zero attached hydrogens (tertiary/aromatic N) is 2. The third kappa shape index (κ3) is 1.62. The number of aliphatic hydroxyl groups is 1.